The summed E-state index contributed by atoms with van der Waals surface area (Å²) in [6.07, 6.45) is 1.85. The molecule has 0 radical (unpaired) electrons. The van der Waals surface area contributed by atoms with Crippen molar-refractivity contribution in [3.63, 3.8) is 0 Å². The zero-order valence-corrected chi connectivity index (χ0v) is 11.6. The van der Waals surface area contributed by atoms with Crippen LogP contribution < -0.4 is 0 Å². The number of fused-ring (bicyclic) bond motifs is 1. The first kappa shape index (κ1) is 12.7. The molecule has 2 fully saturated rings. The van der Waals surface area contributed by atoms with Crippen LogP contribution in [-0.2, 0) is 9.53 Å². The fraction of sp³-hybridized carbons (Fsp3) is 0.562. The van der Waals surface area contributed by atoms with E-state index in [1.807, 2.05) is 35.2 Å². The highest BCUT2D eigenvalue weighted by molar-refractivity contribution is 5.82. The molecule has 0 N–H and O–H groups in total. The molecule has 2 saturated heterocycles. The normalized spacial score (nSPS) is 31.6. The molecule has 0 aliphatic carbocycles. The standard InChI is InChI=1S/C16H21NO2/c1-3-11(2)14-9-13-10-19-16(17(13)15(14)18)12-7-5-4-6-8-12/h4-8,11,13-14,16H,3,9-10H2,1-2H3/t11?,13-,14-,16+/m0/s1. The Morgan fingerprint density at radius 3 is 2.79 bits per heavy atom. The van der Waals surface area contributed by atoms with Crippen molar-refractivity contribution in [2.45, 2.75) is 39.0 Å². The molecule has 0 aromatic heterocycles. The van der Waals surface area contributed by atoms with Crippen molar-refractivity contribution in [1.29, 1.82) is 0 Å². The molecule has 102 valence electrons. The van der Waals surface area contributed by atoms with Gasteiger partial charge in [0.25, 0.3) is 0 Å². The number of amides is 1. The van der Waals surface area contributed by atoms with Crippen LogP contribution in [0, 0.1) is 11.8 Å². The Morgan fingerprint density at radius 1 is 1.37 bits per heavy atom. The maximum absolute atomic E-state index is 12.6. The third-order valence-corrected chi connectivity index (χ3v) is 4.61. The summed E-state index contributed by atoms with van der Waals surface area (Å²) in [5.74, 6) is 0.935. The minimum Gasteiger partial charge on any atom is -0.352 e. The molecule has 0 bridgehead atoms. The first-order chi connectivity index (χ1) is 9.22. The van der Waals surface area contributed by atoms with Crippen molar-refractivity contribution < 1.29 is 9.53 Å². The summed E-state index contributed by atoms with van der Waals surface area (Å²) in [5, 5.41) is 0. The highest BCUT2D eigenvalue weighted by Gasteiger charge is 2.49. The number of ether oxygens (including phenoxy) is 1. The molecule has 1 aromatic carbocycles. The molecule has 2 aliphatic heterocycles. The molecule has 1 amide bonds. The fourth-order valence-electron chi connectivity index (χ4n) is 3.25. The van der Waals surface area contributed by atoms with Crippen LogP contribution in [0.2, 0.25) is 0 Å². The van der Waals surface area contributed by atoms with Crippen molar-refractivity contribution in [3.8, 4) is 0 Å². The van der Waals surface area contributed by atoms with E-state index in [1.54, 1.807) is 0 Å². The molecule has 3 heteroatoms. The fourth-order valence-corrected chi connectivity index (χ4v) is 3.25. The van der Waals surface area contributed by atoms with Crippen LogP contribution in [0.25, 0.3) is 0 Å². The van der Waals surface area contributed by atoms with Gasteiger partial charge in [-0.05, 0) is 12.3 Å². The van der Waals surface area contributed by atoms with Gasteiger partial charge < -0.3 is 9.64 Å². The van der Waals surface area contributed by atoms with Crippen molar-refractivity contribution in [3.05, 3.63) is 35.9 Å². The van der Waals surface area contributed by atoms with Crippen LogP contribution in [0.5, 0.6) is 0 Å². The summed E-state index contributed by atoms with van der Waals surface area (Å²) in [6.45, 7) is 5.02. The Bertz CT molecular complexity index is 459. The number of hydrogen-bond acceptors (Lipinski definition) is 2. The molecule has 2 heterocycles. The summed E-state index contributed by atoms with van der Waals surface area (Å²) in [5.41, 5.74) is 1.09. The predicted octanol–water partition coefficient (Wildman–Crippen LogP) is 2.98. The van der Waals surface area contributed by atoms with Gasteiger partial charge in [0.15, 0.2) is 6.23 Å². The molecule has 0 spiro atoms. The number of hydrogen-bond donors (Lipinski definition) is 0. The summed E-state index contributed by atoms with van der Waals surface area (Å²) >= 11 is 0. The smallest absolute Gasteiger partial charge is 0.228 e. The Hall–Kier alpha value is -1.35. The second-order valence-corrected chi connectivity index (χ2v) is 5.72. The van der Waals surface area contributed by atoms with Crippen LogP contribution in [0.3, 0.4) is 0 Å². The Kier molecular flexibility index (Phi) is 3.31. The minimum absolute atomic E-state index is 0.173. The molecule has 19 heavy (non-hydrogen) atoms. The highest BCUT2D eigenvalue weighted by atomic mass is 16.5. The lowest BCUT2D eigenvalue weighted by atomic mass is 9.89. The van der Waals surface area contributed by atoms with E-state index >= 15 is 0 Å². The van der Waals surface area contributed by atoms with Crippen molar-refractivity contribution >= 4 is 5.91 Å². The first-order valence-electron chi connectivity index (χ1n) is 7.21. The number of carbonyl (C=O) groups is 1. The van der Waals surface area contributed by atoms with Crippen molar-refractivity contribution in [2.24, 2.45) is 11.8 Å². The third kappa shape index (κ3) is 2.06. The Balaban J connectivity index is 1.83. The second kappa shape index (κ2) is 4.97. The number of nitrogens with zero attached hydrogens (tertiary/aromatic N) is 1. The van der Waals surface area contributed by atoms with Crippen LogP contribution in [0.15, 0.2) is 30.3 Å². The maximum Gasteiger partial charge on any atom is 0.228 e. The van der Waals surface area contributed by atoms with Crippen LogP contribution in [0.1, 0.15) is 38.5 Å². The van der Waals surface area contributed by atoms with Gasteiger partial charge in [0.05, 0.1) is 12.6 Å². The molecular formula is C16H21NO2. The monoisotopic (exact) mass is 259 g/mol. The largest absolute Gasteiger partial charge is 0.352 e. The Morgan fingerprint density at radius 2 is 2.11 bits per heavy atom. The molecule has 1 unspecified atom stereocenters. The molecule has 3 rings (SSSR count). The lowest BCUT2D eigenvalue weighted by molar-refractivity contribution is -0.138. The average Bonchev–Trinajstić information content (AvgIpc) is 3.00. The quantitative estimate of drug-likeness (QED) is 0.835. The van der Waals surface area contributed by atoms with Gasteiger partial charge in [-0.2, -0.15) is 0 Å². The zero-order valence-electron chi connectivity index (χ0n) is 11.6. The predicted molar refractivity (Wildman–Crippen MR) is 73.3 cm³/mol. The average molecular weight is 259 g/mol. The van der Waals surface area contributed by atoms with Crippen LogP contribution in [-0.4, -0.2) is 23.5 Å². The SMILES string of the molecule is CCC(C)[C@@H]1C[C@H]2CO[C@H](c3ccccc3)N2C1=O. The van der Waals surface area contributed by atoms with Crippen molar-refractivity contribution in [1.82, 2.24) is 4.90 Å². The minimum atomic E-state index is -0.173. The molecular weight excluding hydrogens is 238 g/mol. The van der Waals surface area contributed by atoms with Gasteiger partial charge in [-0.1, -0.05) is 50.6 Å². The van der Waals surface area contributed by atoms with Gasteiger partial charge in [-0.15, -0.1) is 0 Å². The van der Waals surface area contributed by atoms with E-state index in [0.29, 0.717) is 12.5 Å². The third-order valence-electron chi connectivity index (χ3n) is 4.61. The summed E-state index contributed by atoms with van der Waals surface area (Å²) < 4.78 is 5.84. The number of carbonyl (C=O) groups excluding carboxylic acids is 1. The van der Waals surface area contributed by atoms with E-state index in [4.69, 9.17) is 4.74 Å². The molecule has 3 nitrogen and oxygen atoms in total. The van der Waals surface area contributed by atoms with E-state index in [1.165, 1.54) is 0 Å². The lowest BCUT2D eigenvalue weighted by Crippen LogP contribution is -2.33. The topological polar surface area (TPSA) is 29.5 Å². The molecule has 2 aliphatic rings. The van der Waals surface area contributed by atoms with E-state index < -0.39 is 0 Å². The van der Waals surface area contributed by atoms with Gasteiger partial charge in [-0.25, -0.2) is 0 Å². The molecule has 0 saturated carbocycles. The second-order valence-electron chi connectivity index (χ2n) is 5.72. The van der Waals surface area contributed by atoms with E-state index in [2.05, 4.69) is 13.8 Å². The van der Waals surface area contributed by atoms with Gasteiger partial charge in [0.2, 0.25) is 5.91 Å². The summed E-state index contributed by atoms with van der Waals surface area (Å²) in [6, 6.07) is 10.3. The van der Waals surface area contributed by atoms with E-state index in [-0.39, 0.29) is 24.1 Å². The lowest BCUT2D eigenvalue weighted by Gasteiger charge is -2.24. The van der Waals surface area contributed by atoms with Gasteiger partial charge >= 0.3 is 0 Å². The van der Waals surface area contributed by atoms with E-state index in [9.17, 15) is 4.79 Å². The number of rotatable bonds is 3. The van der Waals surface area contributed by atoms with Crippen LogP contribution in [0.4, 0.5) is 0 Å². The zero-order chi connectivity index (χ0) is 13.4. The van der Waals surface area contributed by atoms with Gasteiger partial charge in [0.1, 0.15) is 0 Å². The molecule has 1 aromatic rings. The number of benzene rings is 1. The highest BCUT2D eigenvalue weighted by Crippen LogP contribution is 2.42. The summed E-state index contributed by atoms with van der Waals surface area (Å²) in [4.78, 5) is 14.6. The first-order valence-corrected chi connectivity index (χ1v) is 7.21. The maximum atomic E-state index is 12.6. The van der Waals surface area contributed by atoms with Crippen molar-refractivity contribution in [2.75, 3.05) is 6.61 Å². The Labute approximate surface area is 114 Å². The van der Waals surface area contributed by atoms with Gasteiger partial charge in [0, 0.05) is 11.5 Å². The van der Waals surface area contributed by atoms with E-state index in [0.717, 1.165) is 18.4 Å². The summed E-state index contributed by atoms with van der Waals surface area (Å²) in [7, 11) is 0. The van der Waals surface area contributed by atoms with Crippen LogP contribution >= 0.6 is 0 Å². The molecule has 4 atom stereocenters. The van der Waals surface area contributed by atoms with Gasteiger partial charge in [-0.3, -0.25) is 4.79 Å².